The molecule has 310 valence electrons. The van der Waals surface area contributed by atoms with Crippen molar-refractivity contribution < 1.29 is 23.9 Å². The van der Waals surface area contributed by atoms with Gasteiger partial charge in [-0.25, -0.2) is 4.79 Å². The van der Waals surface area contributed by atoms with Gasteiger partial charge in [-0.05, 0) is 123 Å². The van der Waals surface area contributed by atoms with E-state index < -0.39 is 12.0 Å². The number of aromatic amines is 2. The molecule has 1 fully saturated rings. The zero-order chi connectivity index (χ0) is 41.4. The highest BCUT2D eigenvalue weighted by molar-refractivity contribution is 6.20. The van der Waals surface area contributed by atoms with Crippen molar-refractivity contribution >= 4 is 42.0 Å². The van der Waals surface area contributed by atoms with Gasteiger partial charge in [0.25, 0.3) is 0 Å². The lowest BCUT2D eigenvalue weighted by Crippen LogP contribution is -2.40. The summed E-state index contributed by atoms with van der Waals surface area (Å²) in [6.07, 6.45) is 21.2. The van der Waals surface area contributed by atoms with E-state index in [4.69, 9.17) is 9.47 Å². The van der Waals surface area contributed by atoms with Gasteiger partial charge in [0.2, 0.25) is 0 Å². The third-order valence-electron chi connectivity index (χ3n) is 12.8. The van der Waals surface area contributed by atoms with Crippen molar-refractivity contribution in [2.45, 2.75) is 138 Å². The van der Waals surface area contributed by atoms with Crippen molar-refractivity contribution in [2.24, 2.45) is 23.7 Å². The molecule has 2 aliphatic heterocycles. The number of aromatic nitrogens is 2. The number of esters is 2. The molecule has 3 unspecified atom stereocenters. The van der Waals surface area contributed by atoms with E-state index in [1.165, 1.54) is 49.5 Å². The van der Waals surface area contributed by atoms with Crippen LogP contribution in [0.1, 0.15) is 133 Å². The van der Waals surface area contributed by atoms with Gasteiger partial charge in [0.15, 0.2) is 5.78 Å². The summed E-state index contributed by atoms with van der Waals surface area (Å²) in [5, 5.41) is 9.27. The molecule has 1 saturated heterocycles. The Morgan fingerprint density at radius 3 is 2.47 bits per heavy atom. The molecule has 1 aliphatic carbocycles. The van der Waals surface area contributed by atoms with Crippen LogP contribution in [0, 0.1) is 37.5 Å². The highest BCUT2D eigenvalue weighted by Crippen LogP contribution is 2.40. The second kappa shape index (κ2) is 19.9. The van der Waals surface area contributed by atoms with E-state index in [0.29, 0.717) is 12.0 Å². The first-order valence-corrected chi connectivity index (χ1v) is 21.4. The maximum absolute atomic E-state index is 13.6. The number of fused-ring (bicyclic) bond motifs is 8. The van der Waals surface area contributed by atoms with E-state index in [0.717, 1.165) is 64.3 Å². The summed E-state index contributed by atoms with van der Waals surface area (Å²) in [6.45, 7) is 22.0. The minimum atomic E-state index is -0.630. The lowest BCUT2D eigenvalue weighted by molar-refractivity contribution is -0.143. The van der Waals surface area contributed by atoms with Gasteiger partial charge in [-0.2, -0.15) is 0 Å². The smallest absolute Gasteiger partial charge is 0.341 e. The van der Waals surface area contributed by atoms with Gasteiger partial charge in [0.1, 0.15) is 12.2 Å². The van der Waals surface area contributed by atoms with E-state index >= 15 is 0 Å². The molecule has 6 bridgehead atoms. The van der Waals surface area contributed by atoms with E-state index in [1.807, 2.05) is 24.4 Å². The third kappa shape index (κ3) is 10.4. The lowest BCUT2D eigenvalue weighted by Gasteiger charge is -2.27. The second-order valence-corrected chi connectivity index (χ2v) is 17.2. The van der Waals surface area contributed by atoms with Crippen LogP contribution >= 0.6 is 0 Å². The van der Waals surface area contributed by atoms with Crippen LogP contribution in [0.15, 0.2) is 35.6 Å². The van der Waals surface area contributed by atoms with Gasteiger partial charge in [-0.3, -0.25) is 9.59 Å². The molecule has 57 heavy (non-hydrogen) atoms. The molecular formula is C48H68N4O5. The minimum absolute atomic E-state index is 0.0499. The number of H-pyrrole nitrogens is 2. The quantitative estimate of drug-likeness (QED) is 0.0784. The van der Waals surface area contributed by atoms with Crippen LogP contribution in [0.25, 0.3) is 24.3 Å². The van der Waals surface area contributed by atoms with Crippen molar-refractivity contribution in [3.05, 3.63) is 79.9 Å². The first-order chi connectivity index (χ1) is 27.3. The molecule has 5 rings (SSSR count). The fraction of sp³-hybridized carbons (Fsp3) is 0.562. The molecule has 9 nitrogen and oxygen atoms in total. The number of methoxy groups -OCH3 is 1. The number of nitrogens with one attached hydrogen (secondary N) is 4. The fourth-order valence-electron chi connectivity index (χ4n) is 9.26. The predicted molar refractivity (Wildman–Crippen MR) is 231 cm³/mol. The van der Waals surface area contributed by atoms with E-state index in [9.17, 15) is 14.4 Å². The van der Waals surface area contributed by atoms with Gasteiger partial charge < -0.3 is 30.1 Å². The molecule has 2 aromatic rings. The summed E-state index contributed by atoms with van der Waals surface area (Å²) in [4.78, 5) is 47.5. The summed E-state index contributed by atoms with van der Waals surface area (Å²) < 4.78 is 11.0. The van der Waals surface area contributed by atoms with E-state index in [1.54, 1.807) is 0 Å². The number of carbonyl (C=O) groups excluding carboxylic acids is 3. The molecular weight excluding hydrogens is 713 g/mol. The maximum Gasteiger partial charge on any atom is 0.341 e. The molecule has 9 heteroatoms. The minimum Gasteiger partial charge on any atom is -0.465 e. The Morgan fingerprint density at radius 2 is 1.77 bits per heavy atom. The summed E-state index contributed by atoms with van der Waals surface area (Å²) in [6, 6.07) is -0.920. The average Bonchev–Trinajstić information content (AvgIpc) is 3.85. The lowest BCUT2D eigenvalue weighted by atomic mass is 9.80. The largest absolute Gasteiger partial charge is 0.465 e. The topological polar surface area (TPSA) is 125 Å². The van der Waals surface area contributed by atoms with Crippen molar-refractivity contribution in [1.29, 1.82) is 0 Å². The van der Waals surface area contributed by atoms with Crippen molar-refractivity contribution in [3.8, 4) is 0 Å². The highest BCUT2D eigenvalue weighted by Gasteiger charge is 2.48. The second-order valence-electron chi connectivity index (χ2n) is 17.2. The van der Waals surface area contributed by atoms with Gasteiger partial charge in [0.05, 0.1) is 13.2 Å². The number of ketones is 1. The van der Waals surface area contributed by atoms with Crippen molar-refractivity contribution in [3.63, 3.8) is 0 Å². The number of carbonyl (C=O) groups is 3. The fourth-order valence-corrected chi connectivity index (χ4v) is 9.26. The van der Waals surface area contributed by atoms with Crippen LogP contribution in [0.3, 0.4) is 0 Å². The predicted octanol–water partition coefficient (Wildman–Crippen LogP) is 7.65. The van der Waals surface area contributed by atoms with Crippen LogP contribution in [-0.4, -0.2) is 59.5 Å². The van der Waals surface area contributed by atoms with E-state index in [-0.39, 0.29) is 60.7 Å². The van der Waals surface area contributed by atoms with Gasteiger partial charge in [-0.1, -0.05) is 78.5 Å². The summed E-state index contributed by atoms with van der Waals surface area (Å²) in [5.74, 6) is 0.343. The molecule has 6 atom stereocenters. The van der Waals surface area contributed by atoms with Crippen LogP contribution < -0.4 is 21.3 Å². The maximum atomic E-state index is 13.6. The van der Waals surface area contributed by atoms with Crippen LogP contribution in [0.4, 0.5) is 0 Å². The number of ether oxygens (including phenoxy) is 2. The zero-order valence-electron chi connectivity index (χ0n) is 36.0. The third-order valence-corrected chi connectivity index (χ3v) is 12.8. The first kappa shape index (κ1) is 43.7. The van der Waals surface area contributed by atoms with E-state index in [2.05, 4.69) is 94.7 Å². The Labute approximate surface area is 340 Å². The Balaban J connectivity index is 1.40. The first-order valence-electron chi connectivity index (χ1n) is 21.4. The molecule has 3 aliphatic rings. The molecule has 2 aromatic heterocycles. The SMILES string of the molecule is C=Cc1c(C)/c2[nH]/c1=C\c1[nH]c(c(CC)c1C)/C=C\NC1CC(=O)C(C(=O)OC)=C1C1NC(\C=2)[C@@H](C)[C@@H]1CCC(=O)OC/C=C(\C)CCC[C@H](C)CCCC(C)C. The van der Waals surface area contributed by atoms with Gasteiger partial charge >= 0.3 is 11.9 Å². The monoisotopic (exact) mass is 781 g/mol. The number of allylic oxidation sites excluding steroid dienone is 1. The molecule has 4 heterocycles. The normalized spacial score (nSPS) is 24.3. The Kier molecular flexibility index (Phi) is 15.2. The molecule has 0 aromatic carbocycles. The number of Topliss-reactive ketones (excluding diaryl/α,β-unsaturated/α-hetero) is 1. The Hall–Kier alpha value is -4.37. The number of rotatable bonds is 16. The molecule has 4 N–H and O–H groups in total. The van der Waals surface area contributed by atoms with Crippen LogP contribution in [0.5, 0.6) is 0 Å². The Morgan fingerprint density at radius 1 is 1.02 bits per heavy atom. The molecule has 0 radical (unpaired) electrons. The average molecular weight is 781 g/mol. The summed E-state index contributed by atoms with van der Waals surface area (Å²) in [7, 11) is 1.32. The summed E-state index contributed by atoms with van der Waals surface area (Å²) in [5.41, 5.74) is 8.54. The highest BCUT2D eigenvalue weighted by atomic mass is 16.5. The number of hydrogen-bond acceptors (Lipinski definition) is 7. The van der Waals surface area contributed by atoms with Crippen molar-refractivity contribution in [2.75, 3.05) is 13.7 Å². The molecule has 0 saturated carbocycles. The molecule has 0 amide bonds. The van der Waals surface area contributed by atoms with Gasteiger partial charge in [0, 0.05) is 52.6 Å². The molecule has 0 spiro atoms. The standard InChI is InChI=1S/C48H68N4O5/c1-11-34-31(7)39-26-41-35(12-2)32(8)38(51-41)25-40-33(9)36(19-20-44(54)57-24-22-30(6)18-14-17-29(5)16-13-15-28(3)4)47(52-40)45-42(49-23-21-37(34)50-39)27-43(53)46(45)48(55)56-10/h12,21-23,25-26,28-29,33,36,40,42,47,49-52H,2,11,13-20,24,27H2,1,3-10H3/b23-21-,30-22+,38-25-,41-26-/t29-,33+,36+,40?,42?,47?/m1/s1. The van der Waals surface area contributed by atoms with Crippen LogP contribution in [0.2, 0.25) is 0 Å². The number of hydrogen-bond donors (Lipinski definition) is 4. The van der Waals surface area contributed by atoms with Gasteiger partial charge in [-0.15, -0.1) is 0 Å². The zero-order valence-corrected chi connectivity index (χ0v) is 36.0. The van der Waals surface area contributed by atoms with Crippen molar-refractivity contribution in [1.82, 2.24) is 20.6 Å². The Bertz CT molecular complexity index is 2010. The van der Waals surface area contributed by atoms with Crippen LogP contribution in [-0.2, 0) is 30.3 Å². The summed E-state index contributed by atoms with van der Waals surface area (Å²) >= 11 is 0.